The lowest BCUT2D eigenvalue weighted by molar-refractivity contribution is -0.109. The molecule has 0 aliphatic rings. The number of hydrogen-bond acceptors (Lipinski definition) is 2. The van der Waals surface area contributed by atoms with Gasteiger partial charge in [-0.15, -0.1) is 0 Å². The van der Waals surface area contributed by atoms with Gasteiger partial charge in [-0.1, -0.05) is 48.0 Å². The van der Waals surface area contributed by atoms with Gasteiger partial charge in [0.2, 0.25) is 0 Å². The molecule has 0 amide bonds. The van der Waals surface area contributed by atoms with E-state index in [9.17, 15) is 4.79 Å². The molecule has 2 aromatic rings. The summed E-state index contributed by atoms with van der Waals surface area (Å²) in [4.78, 5) is 11.4. The molecule has 20 heavy (non-hydrogen) atoms. The van der Waals surface area contributed by atoms with Gasteiger partial charge in [-0.2, -0.15) is 0 Å². The van der Waals surface area contributed by atoms with Gasteiger partial charge in [0.15, 0.2) is 0 Å². The predicted octanol–water partition coefficient (Wildman–Crippen LogP) is 3.92. The SMILES string of the molecule is CCOc1ccccc1CC(C=O)c1cccc(C)c1. The first-order chi connectivity index (χ1) is 9.74. The van der Waals surface area contributed by atoms with E-state index in [0.717, 1.165) is 23.2 Å². The first kappa shape index (κ1) is 14.3. The Kier molecular flexibility index (Phi) is 4.94. The zero-order valence-electron chi connectivity index (χ0n) is 12.0. The van der Waals surface area contributed by atoms with Crippen LogP contribution in [0.1, 0.15) is 29.5 Å². The van der Waals surface area contributed by atoms with Crippen molar-refractivity contribution in [2.45, 2.75) is 26.2 Å². The van der Waals surface area contributed by atoms with Crippen molar-refractivity contribution in [3.8, 4) is 5.75 Å². The molecule has 0 aromatic heterocycles. The molecule has 2 rings (SSSR count). The van der Waals surface area contributed by atoms with Crippen LogP contribution in [0.3, 0.4) is 0 Å². The number of benzene rings is 2. The molecule has 0 bridgehead atoms. The Morgan fingerprint density at radius 3 is 2.65 bits per heavy atom. The zero-order chi connectivity index (χ0) is 14.4. The highest BCUT2D eigenvalue weighted by Crippen LogP contribution is 2.26. The second-order valence-electron chi connectivity index (χ2n) is 4.90. The third kappa shape index (κ3) is 3.47. The highest BCUT2D eigenvalue weighted by Gasteiger charge is 2.14. The molecule has 0 radical (unpaired) electrons. The minimum Gasteiger partial charge on any atom is -0.494 e. The number of carbonyl (C=O) groups excluding carboxylic acids is 1. The van der Waals surface area contributed by atoms with Gasteiger partial charge in [-0.05, 0) is 37.5 Å². The summed E-state index contributed by atoms with van der Waals surface area (Å²) in [6.07, 6.45) is 1.70. The zero-order valence-corrected chi connectivity index (χ0v) is 12.0. The third-order valence-corrected chi connectivity index (χ3v) is 3.35. The minimum absolute atomic E-state index is 0.128. The number of para-hydroxylation sites is 1. The quantitative estimate of drug-likeness (QED) is 0.742. The lowest BCUT2D eigenvalue weighted by atomic mass is 9.92. The van der Waals surface area contributed by atoms with Crippen LogP contribution in [0.2, 0.25) is 0 Å². The van der Waals surface area contributed by atoms with Crippen LogP contribution in [0.15, 0.2) is 48.5 Å². The average molecular weight is 268 g/mol. The number of aryl methyl sites for hydroxylation is 1. The Balaban J connectivity index is 2.24. The maximum absolute atomic E-state index is 11.4. The highest BCUT2D eigenvalue weighted by atomic mass is 16.5. The van der Waals surface area contributed by atoms with Gasteiger partial charge in [0.05, 0.1) is 6.61 Å². The lowest BCUT2D eigenvalue weighted by Gasteiger charge is -2.15. The smallest absolute Gasteiger partial charge is 0.127 e. The van der Waals surface area contributed by atoms with E-state index in [4.69, 9.17) is 4.74 Å². The molecular weight excluding hydrogens is 248 g/mol. The summed E-state index contributed by atoms with van der Waals surface area (Å²) in [6, 6.07) is 16.0. The molecule has 1 atom stereocenters. The first-order valence-electron chi connectivity index (χ1n) is 6.97. The van der Waals surface area contributed by atoms with Crippen LogP contribution in [-0.4, -0.2) is 12.9 Å². The Morgan fingerprint density at radius 1 is 1.15 bits per heavy atom. The molecule has 0 aliphatic carbocycles. The normalized spacial score (nSPS) is 11.9. The topological polar surface area (TPSA) is 26.3 Å². The van der Waals surface area contributed by atoms with Gasteiger partial charge in [0.1, 0.15) is 12.0 Å². The van der Waals surface area contributed by atoms with E-state index in [0.29, 0.717) is 13.0 Å². The standard InChI is InChI=1S/C18H20O2/c1-3-20-18-10-5-4-8-16(18)12-17(13-19)15-9-6-7-14(2)11-15/h4-11,13,17H,3,12H2,1-2H3. The number of ether oxygens (including phenoxy) is 1. The molecular formula is C18H20O2. The van der Waals surface area contributed by atoms with Crippen LogP contribution < -0.4 is 4.74 Å². The van der Waals surface area contributed by atoms with Crippen LogP contribution in [0.5, 0.6) is 5.75 Å². The summed E-state index contributed by atoms with van der Waals surface area (Å²) in [5, 5.41) is 0. The molecule has 0 N–H and O–H groups in total. The van der Waals surface area contributed by atoms with Crippen molar-refractivity contribution >= 4 is 6.29 Å². The Labute approximate surface area is 120 Å². The van der Waals surface area contributed by atoms with Crippen LogP contribution in [-0.2, 0) is 11.2 Å². The number of carbonyl (C=O) groups is 1. The van der Waals surface area contributed by atoms with Crippen LogP contribution in [0.4, 0.5) is 0 Å². The van der Waals surface area contributed by atoms with Gasteiger partial charge >= 0.3 is 0 Å². The fourth-order valence-corrected chi connectivity index (χ4v) is 2.35. The van der Waals surface area contributed by atoms with E-state index in [-0.39, 0.29) is 5.92 Å². The van der Waals surface area contributed by atoms with Crippen LogP contribution >= 0.6 is 0 Å². The van der Waals surface area contributed by atoms with Crippen molar-refractivity contribution < 1.29 is 9.53 Å². The molecule has 2 nitrogen and oxygen atoms in total. The first-order valence-corrected chi connectivity index (χ1v) is 6.97. The van der Waals surface area contributed by atoms with Crippen molar-refractivity contribution in [3.05, 3.63) is 65.2 Å². The third-order valence-electron chi connectivity index (χ3n) is 3.35. The van der Waals surface area contributed by atoms with Gasteiger partial charge in [-0.25, -0.2) is 0 Å². The molecule has 0 fully saturated rings. The van der Waals surface area contributed by atoms with Gasteiger partial charge < -0.3 is 9.53 Å². The lowest BCUT2D eigenvalue weighted by Crippen LogP contribution is -2.06. The molecule has 104 valence electrons. The molecule has 0 heterocycles. The van der Waals surface area contributed by atoms with Crippen LogP contribution in [0.25, 0.3) is 0 Å². The predicted molar refractivity (Wildman–Crippen MR) is 81.3 cm³/mol. The van der Waals surface area contributed by atoms with Crippen molar-refractivity contribution in [3.63, 3.8) is 0 Å². The Bertz CT molecular complexity index is 575. The summed E-state index contributed by atoms with van der Waals surface area (Å²) in [6.45, 7) is 4.64. The minimum atomic E-state index is -0.128. The number of hydrogen-bond donors (Lipinski definition) is 0. The van der Waals surface area contributed by atoms with E-state index >= 15 is 0 Å². The van der Waals surface area contributed by atoms with Crippen molar-refractivity contribution in [2.75, 3.05) is 6.61 Å². The molecule has 0 saturated carbocycles. The number of rotatable bonds is 6. The molecule has 0 aliphatic heterocycles. The second kappa shape index (κ2) is 6.90. The monoisotopic (exact) mass is 268 g/mol. The van der Waals surface area contributed by atoms with Gasteiger partial charge in [0.25, 0.3) is 0 Å². The summed E-state index contributed by atoms with van der Waals surface area (Å²) < 4.78 is 5.63. The van der Waals surface area contributed by atoms with E-state index in [1.165, 1.54) is 5.56 Å². The summed E-state index contributed by atoms with van der Waals surface area (Å²) in [5.74, 6) is 0.742. The van der Waals surface area contributed by atoms with E-state index in [1.807, 2.05) is 56.3 Å². The molecule has 0 saturated heterocycles. The molecule has 2 heteroatoms. The highest BCUT2D eigenvalue weighted by molar-refractivity contribution is 5.63. The van der Waals surface area contributed by atoms with Crippen molar-refractivity contribution in [1.29, 1.82) is 0 Å². The maximum Gasteiger partial charge on any atom is 0.127 e. The van der Waals surface area contributed by atoms with E-state index in [2.05, 4.69) is 6.07 Å². The van der Waals surface area contributed by atoms with Crippen LogP contribution in [0, 0.1) is 6.92 Å². The molecule has 2 aromatic carbocycles. The van der Waals surface area contributed by atoms with Gasteiger partial charge in [-0.3, -0.25) is 0 Å². The summed E-state index contributed by atoms with van der Waals surface area (Å²) in [7, 11) is 0. The molecule has 0 spiro atoms. The Morgan fingerprint density at radius 2 is 1.95 bits per heavy atom. The second-order valence-corrected chi connectivity index (χ2v) is 4.90. The summed E-state index contributed by atoms with van der Waals surface area (Å²) in [5.41, 5.74) is 3.31. The van der Waals surface area contributed by atoms with E-state index in [1.54, 1.807) is 0 Å². The number of aldehydes is 1. The average Bonchev–Trinajstić information content (AvgIpc) is 2.46. The fraction of sp³-hybridized carbons (Fsp3) is 0.278. The van der Waals surface area contributed by atoms with Crippen molar-refractivity contribution in [1.82, 2.24) is 0 Å². The summed E-state index contributed by atoms with van der Waals surface area (Å²) >= 11 is 0. The maximum atomic E-state index is 11.4. The Hall–Kier alpha value is -2.09. The van der Waals surface area contributed by atoms with Gasteiger partial charge in [0, 0.05) is 5.92 Å². The van der Waals surface area contributed by atoms with E-state index < -0.39 is 0 Å². The fourth-order valence-electron chi connectivity index (χ4n) is 2.35. The molecule has 1 unspecified atom stereocenters. The largest absolute Gasteiger partial charge is 0.494 e. The van der Waals surface area contributed by atoms with Crippen molar-refractivity contribution in [2.24, 2.45) is 0 Å².